The van der Waals surface area contributed by atoms with Crippen LogP contribution in [-0.2, 0) is 19.6 Å². The van der Waals surface area contributed by atoms with Crippen molar-refractivity contribution in [2.75, 3.05) is 0 Å². The topological polar surface area (TPSA) is 89.9 Å². The Kier molecular flexibility index (Phi) is 6.51. The van der Waals surface area contributed by atoms with E-state index >= 15 is 0 Å². The molecule has 1 N–H and O–H groups in total. The van der Waals surface area contributed by atoms with E-state index in [2.05, 4.69) is 67.8 Å². The van der Waals surface area contributed by atoms with Crippen molar-refractivity contribution < 1.29 is 36.0 Å². The maximum absolute atomic E-state index is 13.4. The first-order chi connectivity index (χ1) is 12.4. The molecule has 2 saturated carbocycles. The van der Waals surface area contributed by atoms with Crippen LogP contribution in [0.15, 0.2) is 12.1 Å². The lowest BCUT2D eigenvalue weighted by Gasteiger charge is -2.29. The maximum atomic E-state index is 13.4. The average molecular weight is 740 g/mol. The molecular formula is C15H13F2I3O6S. The summed E-state index contributed by atoms with van der Waals surface area (Å²) in [4.78, 5) is 11.5. The maximum Gasteiger partial charge on any atom is 0.465 e. The van der Waals surface area contributed by atoms with Crippen molar-refractivity contribution in [2.24, 2.45) is 11.8 Å². The molecule has 27 heavy (non-hydrogen) atoms. The van der Waals surface area contributed by atoms with Gasteiger partial charge in [-0.05, 0) is 111 Å². The van der Waals surface area contributed by atoms with Crippen LogP contribution in [0.1, 0.15) is 19.3 Å². The Morgan fingerprint density at radius 2 is 1.59 bits per heavy atom. The molecule has 150 valence electrons. The number of rotatable bonds is 5. The van der Waals surface area contributed by atoms with Gasteiger partial charge in [-0.2, -0.15) is 17.2 Å². The fraction of sp³-hybridized carbons (Fsp3) is 0.533. The smallest absolute Gasteiger partial charge is 0.465 e. The number of ether oxygens (including phenoxy) is 2. The summed E-state index contributed by atoms with van der Waals surface area (Å²) in [7, 11) is -5.86. The number of hydrogen-bond donors (Lipinski definition) is 1. The lowest BCUT2D eigenvalue weighted by molar-refractivity contribution is -0.170. The molecule has 2 aliphatic carbocycles. The minimum Gasteiger partial charge on any atom is -0.488 e. The number of carbonyl (C=O) groups excluding carboxylic acids is 1. The number of alkyl halides is 2. The second-order valence-corrected chi connectivity index (χ2v) is 11.6. The molecule has 0 aromatic heterocycles. The van der Waals surface area contributed by atoms with Gasteiger partial charge in [-0.15, -0.1) is 0 Å². The summed E-state index contributed by atoms with van der Waals surface area (Å²) in [6.45, 7) is 0. The van der Waals surface area contributed by atoms with Crippen molar-refractivity contribution in [3.63, 3.8) is 0 Å². The Bertz CT molecular complexity index is 855. The summed E-state index contributed by atoms with van der Waals surface area (Å²) >= 11 is 6.61. The van der Waals surface area contributed by atoms with Gasteiger partial charge in [-0.25, -0.2) is 4.79 Å². The highest BCUT2D eigenvalue weighted by molar-refractivity contribution is 14.1. The van der Waals surface area contributed by atoms with Gasteiger partial charge in [0.15, 0.2) is 0 Å². The summed E-state index contributed by atoms with van der Waals surface area (Å²) < 4.78 is 70.4. The Morgan fingerprint density at radius 3 is 2.07 bits per heavy atom. The van der Waals surface area contributed by atoms with Crippen molar-refractivity contribution in [1.82, 2.24) is 0 Å². The van der Waals surface area contributed by atoms with Crippen LogP contribution < -0.4 is 4.74 Å². The van der Waals surface area contributed by atoms with Gasteiger partial charge in [0.05, 0.1) is 7.14 Å². The second kappa shape index (κ2) is 7.94. The SMILES string of the molecule is O=C(OC1CC2CC1CC2Oc1c(I)cc(I)cc1I)C(F)(F)S(=O)(=O)O. The van der Waals surface area contributed by atoms with Crippen molar-refractivity contribution in [1.29, 1.82) is 0 Å². The molecule has 4 unspecified atom stereocenters. The molecule has 0 spiro atoms. The fourth-order valence-corrected chi connectivity index (χ4v) is 7.66. The number of hydrogen-bond acceptors (Lipinski definition) is 5. The Labute approximate surface area is 195 Å². The van der Waals surface area contributed by atoms with Gasteiger partial charge < -0.3 is 9.47 Å². The molecule has 2 fully saturated rings. The lowest BCUT2D eigenvalue weighted by atomic mass is 9.95. The monoisotopic (exact) mass is 740 g/mol. The molecule has 4 atom stereocenters. The van der Waals surface area contributed by atoms with Crippen molar-refractivity contribution in [3.05, 3.63) is 22.8 Å². The van der Waals surface area contributed by atoms with E-state index in [4.69, 9.17) is 14.0 Å². The molecule has 0 radical (unpaired) electrons. The van der Waals surface area contributed by atoms with Gasteiger partial charge in [0.25, 0.3) is 0 Å². The van der Waals surface area contributed by atoms with E-state index in [1.165, 1.54) is 0 Å². The van der Waals surface area contributed by atoms with E-state index in [0.717, 1.165) is 16.5 Å². The van der Waals surface area contributed by atoms with Crippen molar-refractivity contribution in [3.8, 4) is 5.75 Å². The average Bonchev–Trinajstić information content (AvgIpc) is 3.09. The van der Waals surface area contributed by atoms with Crippen molar-refractivity contribution >= 4 is 83.9 Å². The number of benzene rings is 1. The molecule has 1 aromatic rings. The van der Waals surface area contributed by atoms with Crippen LogP contribution >= 0.6 is 67.8 Å². The minimum absolute atomic E-state index is 0.0260. The zero-order valence-electron chi connectivity index (χ0n) is 13.4. The molecular weight excluding hydrogens is 727 g/mol. The number of fused-ring (bicyclic) bond motifs is 2. The first kappa shape index (κ1) is 22.1. The number of carbonyl (C=O) groups is 1. The molecule has 0 saturated heterocycles. The van der Waals surface area contributed by atoms with E-state index in [1.807, 2.05) is 12.1 Å². The minimum atomic E-state index is -5.86. The van der Waals surface area contributed by atoms with Crippen LogP contribution in [0.2, 0.25) is 0 Å². The third-order valence-electron chi connectivity index (χ3n) is 4.78. The van der Waals surface area contributed by atoms with Crippen LogP contribution in [0.5, 0.6) is 5.75 Å². The van der Waals surface area contributed by atoms with Crippen molar-refractivity contribution in [2.45, 2.75) is 36.7 Å². The Balaban J connectivity index is 1.64. The third kappa shape index (κ3) is 4.47. The van der Waals surface area contributed by atoms with E-state index in [0.29, 0.717) is 19.3 Å². The van der Waals surface area contributed by atoms with Crippen LogP contribution in [-0.4, -0.2) is 36.4 Å². The van der Waals surface area contributed by atoms with Crippen LogP contribution in [0.25, 0.3) is 0 Å². The highest BCUT2D eigenvalue weighted by atomic mass is 127. The molecule has 1 aromatic carbocycles. The quantitative estimate of drug-likeness (QED) is 0.279. The van der Waals surface area contributed by atoms with Gasteiger partial charge in [0.1, 0.15) is 18.0 Å². The zero-order chi connectivity index (χ0) is 20.1. The van der Waals surface area contributed by atoms with E-state index in [9.17, 15) is 22.0 Å². The van der Waals surface area contributed by atoms with Gasteiger partial charge in [-0.3, -0.25) is 4.55 Å². The molecule has 2 bridgehead atoms. The number of halogens is 5. The van der Waals surface area contributed by atoms with E-state index < -0.39 is 27.4 Å². The largest absolute Gasteiger partial charge is 0.488 e. The first-order valence-corrected chi connectivity index (χ1v) is 12.4. The van der Waals surface area contributed by atoms with Gasteiger partial charge in [0, 0.05) is 3.57 Å². The summed E-state index contributed by atoms with van der Waals surface area (Å²) in [6.07, 6.45) is 0.578. The van der Waals surface area contributed by atoms with E-state index in [1.54, 1.807) is 0 Å². The first-order valence-electron chi connectivity index (χ1n) is 7.77. The van der Waals surface area contributed by atoms with Crippen LogP contribution in [0.4, 0.5) is 8.78 Å². The van der Waals surface area contributed by atoms with Gasteiger partial charge in [0.2, 0.25) is 0 Å². The number of esters is 1. The predicted octanol–water partition coefficient (Wildman–Crippen LogP) is 4.07. The third-order valence-corrected chi connectivity index (χ3v) is 7.82. The van der Waals surface area contributed by atoms with Crippen LogP contribution in [0, 0.1) is 22.5 Å². The summed E-state index contributed by atoms with van der Waals surface area (Å²) in [5, 5.41) is -4.96. The fourth-order valence-electron chi connectivity index (χ4n) is 3.56. The van der Waals surface area contributed by atoms with Gasteiger partial charge in [-0.1, -0.05) is 0 Å². The molecule has 0 heterocycles. The van der Waals surface area contributed by atoms with Gasteiger partial charge >= 0.3 is 21.3 Å². The lowest BCUT2D eigenvalue weighted by Crippen LogP contribution is -2.42. The molecule has 0 amide bonds. The zero-order valence-corrected chi connectivity index (χ0v) is 20.7. The molecule has 0 aliphatic heterocycles. The van der Waals surface area contributed by atoms with E-state index in [-0.39, 0.29) is 17.9 Å². The van der Waals surface area contributed by atoms with Crippen LogP contribution in [0.3, 0.4) is 0 Å². The Hall–Kier alpha value is 0.450. The standard InChI is InChI=1S/C15H13F2I3O6S/c16-15(17,27(22,23)24)14(21)26-12-3-6-1-7(12)2-11(6)25-13-9(19)4-8(18)5-10(13)20/h4-7,11-12H,1-3H2,(H,22,23,24). The molecule has 12 heteroatoms. The second-order valence-electron chi connectivity index (χ2n) is 6.52. The molecule has 6 nitrogen and oxygen atoms in total. The summed E-state index contributed by atoms with van der Waals surface area (Å²) in [5.41, 5.74) is 0. The Morgan fingerprint density at radius 1 is 1.07 bits per heavy atom. The summed E-state index contributed by atoms with van der Waals surface area (Å²) in [6, 6.07) is 3.99. The highest BCUT2D eigenvalue weighted by Crippen LogP contribution is 2.48. The molecule has 3 rings (SSSR count). The molecule has 2 aliphatic rings. The summed E-state index contributed by atoms with van der Waals surface area (Å²) in [5.74, 6) is -1.61. The highest BCUT2D eigenvalue weighted by Gasteiger charge is 2.57. The predicted molar refractivity (Wildman–Crippen MR) is 116 cm³/mol. The normalized spacial score (nSPS) is 27.6.